The molecule has 0 bridgehead atoms. The fraction of sp³-hybridized carbons (Fsp3) is 0.562. The van der Waals surface area contributed by atoms with Gasteiger partial charge in [-0.1, -0.05) is 29.3 Å². The van der Waals surface area contributed by atoms with E-state index in [1.807, 2.05) is 0 Å². The van der Waals surface area contributed by atoms with E-state index in [-0.39, 0.29) is 33.3 Å². The standard InChI is InChI=1S/C16H20Cl2N2O4S/c17-13-4-1-5-14(18)15(13)25(22,23)20-6-2-3-12(11-20)16(21)19-7-9-24-10-8-19/h1,4-5,12H,2-3,6-11H2. The van der Waals surface area contributed by atoms with Gasteiger partial charge in [-0.3, -0.25) is 4.79 Å². The van der Waals surface area contributed by atoms with E-state index in [4.69, 9.17) is 27.9 Å². The quantitative estimate of drug-likeness (QED) is 0.771. The van der Waals surface area contributed by atoms with Crippen LogP contribution in [0.15, 0.2) is 23.1 Å². The second kappa shape index (κ2) is 7.80. The van der Waals surface area contributed by atoms with Crippen LogP contribution in [0.1, 0.15) is 12.8 Å². The Morgan fingerprint density at radius 2 is 1.76 bits per heavy atom. The first-order valence-electron chi connectivity index (χ1n) is 8.22. The van der Waals surface area contributed by atoms with Crippen molar-refractivity contribution in [2.45, 2.75) is 17.7 Å². The molecule has 25 heavy (non-hydrogen) atoms. The lowest BCUT2D eigenvalue weighted by Crippen LogP contribution is -2.49. The van der Waals surface area contributed by atoms with Crippen LogP contribution in [0.5, 0.6) is 0 Å². The Kier molecular flexibility index (Phi) is 5.90. The van der Waals surface area contributed by atoms with Crippen LogP contribution in [-0.4, -0.2) is 62.9 Å². The highest BCUT2D eigenvalue weighted by atomic mass is 35.5. The first-order valence-corrected chi connectivity index (χ1v) is 10.4. The van der Waals surface area contributed by atoms with E-state index in [0.717, 1.165) is 0 Å². The lowest BCUT2D eigenvalue weighted by molar-refractivity contribution is -0.140. The second-order valence-corrected chi connectivity index (χ2v) is 8.88. The number of morpholine rings is 1. The lowest BCUT2D eigenvalue weighted by Gasteiger charge is -2.35. The van der Waals surface area contributed by atoms with E-state index < -0.39 is 10.0 Å². The molecule has 0 saturated carbocycles. The summed E-state index contributed by atoms with van der Waals surface area (Å²) in [5, 5.41) is 0.184. The summed E-state index contributed by atoms with van der Waals surface area (Å²) < 4.78 is 32.6. The first-order chi connectivity index (χ1) is 11.9. The highest BCUT2D eigenvalue weighted by Crippen LogP contribution is 2.33. The van der Waals surface area contributed by atoms with Gasteiger partial charge in [0.05, 0.1) is 29.2 Å². The maximum Gasteiger partial charge on any atom is 0.246 e. The summed E-state index contributed by atoms with van der Waals surface area (Å²) in [6.07, 6.45) is 1.31. The molecule has 0 aliphatic carbocycles. The van der Waals surface area contributed by atoms with Crippen LogP contribution in [0.25, 0.3) is 0 Å². The van der Waals surface area contributed by atoms with E-state index in [0.29, 0.717) is 45.7 Å². The van der Waals surface area contributed by atoms with Crippen LogP contribution in [-0.2, 0) is 19.6 Å². The lowest BCUT2D eigenvalue weighted by atomic mass is 9.98. The molecule has 2 fully saturated rings. The third-order valence-corrected chi connectivity index (χ3v) is 7.39. The number of nitrogens with zero attached hydrogens (tertiary/aromatic N) is 2. The molecule has 1 unspecified atom stereocenters. The normalized spacial score (nSPS) is 22.8. The molecule has 1 aromatic rings. The third kappa shape index (κ3) is 3.95. The Morgan fingerprint density at radius 3 is 2.40 bits per heavy atom. The van der Waals surface area contributed by atoms with Crippen molar-refractivity contribution in [2.24, 2.45) is 5.92 Å². The minimum absolute atomic E-state index is 0.00606. The predicted octanol–water partition coefficient (Wildman–Crippen LogP) is 2.25. The van der Waals surface area contributed by atoms with Crippen LogP contribution < -0.4 is 0 Å². The van der Waals surface area contributed by atoms with Crippen molar-refractivity contribution in [1.29, 1.82) is 0 Å². The maximum absolute atomic E-state index is 13.0. The van der Waals surface area contributed by atoms with E-state index in [9.17, 15) is 13.2 Å². The summed E-state index contributed by atoms with van der Waals surface area (Å²) in [6.45, 7) is 2.67. The molecule has 1 amide bonds. The average Bonchev–Trinajstić information content (AvgIpc) is 2.61. The summed E-state index contributed by atoms with van der Waals surface area (Å²) >= 11 is 12.1. The number of piperidine rings is 1. The van der Waals surface area contributed by atoms with Gasteiger partial charge >= 0.3 is 0 Å². The number of hydrogen-bond donors (Lipinski definition) is 0. The van der Waals surface area contributed by atoms with Gasteiger partial charge in [-0.05, 0) is 25.0 Å². The van der Waals surface area contributed by atoms with E-state index in [2.05, 4.69) is 0 Å². The Hall–Kier alpha value is -0.860. The monoisotopic (exact) mass is 406 g/mol. The number of amides is 1. The molecule has 2 aliphatic heterocycles. The zero-order valence-electron chi connectivity index (χ0n) is 13.7. The summed E-state index contributed by atoms with van der Waals surface area (Å²) in [4.78, 5) is 14.4. The van der Waals surface area contributed by atoms with Gasteiger partial charge in [0, 0.05) is 26.2 Å². The Bertz CT molecular complexity index is 730. The van der Waals surface area contributed by atoms with Crippen LogP contribution in [0.2, 0.25) is 10.0 Å². The van der Waals surface area contributed by atoms with Crippen LogP contribution in [0.4, 0.5) is 0 Å². The molecule has 3 rings (SSSR count). The molecule has 0 radical (unpaired) electrons. The number of carbonyl (C=O) groups is 1. The largest absolute Gasteiger partial charge is 0.378 e. The van der Waals surface area contributed by atoms with Gasteiger partial charge in [-0.15, -0.1) is 0 Å². The smallest absolute Gasteiger partial charge is 0.246 e. The molecule has 0 aromatic heterocycles. The Labute approximate surface area is 157 Å². The second-order valence-electron chi connectivity index (χ2n) is 6.19. The molecule has 1 aromatic carbocycles. The molecule has 6 nitrogen and oxygen atoms in total. The molecular formula is C16H20Cl2N2O4S. The van der Waals surface area contributed by atoms with E-state index in [1.54, 1.807) is 11.0 Å². The summed E-state index contributed by atoms with van der Waals surface area (Å²) in [5.74, 6) is -0.351. The van der Waals surface area contributed by atoms with Gasteiger partial charge < -0.3 is 9.64 Å². The number of halogens is 2. The van der Waals surface area contributed by atoms with Crippen molar-refractivity contribution < 1.29 is 17.9 Å². The highest BCUT2D eigenvalue weighted by Gasteiger charge is 2.37. The molecule has 2 aliphatic rings. The van der Waals surface area contributed by atoms with Crippen molar-refractivity contribution >= 4 is 39.1 Å². The summed E-state index contributed by atoms with van der Waals surface area (Å²) in [5.41, 5.74) is 0. The molecule has 2 heterocycles. The molecular weight excluding hydrogens is 387 g/mol. The summed E-state index contributed by atoms with van der Waals surface area (Å²) in [7, 11) is -3.85. The van der Waals surface area contributed by atoms with Gasteiger partial charge in [-0.2, -0.15) is 4.31 Å². The first kappa shape index (κ1) is 18.9. The molecule has 0 spiro atoms. The molecule has 138 valence electrons. The molecule has 1 atom stereocenters. The zero-order valence-corrected chi connectivity index (χ0v) is 16.0. The minimum Gasteiger partial charge on any atom is -0.378 e. The van der Waals surface area contributed by atoms with Gasteiger partial charge in [-0.25, -0.2) is 8.42 Å². The summed E-state index contributed by atoms with van der Waals surface area (Å²) in [6, 6.07) is 4.60. The van der Waals surface area contributed by atoms with Gasteiger partial charge in [0.1, 0.15) is 4.90 Å². The van der Waals surface area contributed by atoms with Crippen LogP contribution in [0.3, 0.4) is 0 Å². The topological polar surface area (TPSA) is 66.9 Å². The van der Waals surface area contributed by atoms with Crippen LogP contribution in [0, 0.1) is 5.92 Å². The van der Waals surface area contributed by atoms with Gasteiger partial charge in [0.25, 0.3) is 0 Å². The van der Waals surface area contributed by atoms with Crippen molar-refractivity contribution in [2.75, 3.05) is 39.4 Å². The minimum atomic E-state index is -3.85. The highest BCUT2D eigenvalue weighted by molar-refractivity contribution is 7.89. The number of ether oxygens (including phenoxy) is 1. The Morgan fingerprint density at radius 1 is 1.12 bits per heavy atom. The molecule has 9 heteroatoms. The molecule has 2 saturated heterocycles. The van der Waals surface area contributed by atoms with E-state index in [1.165, 1.54) is 16.4 Å². The number of hydrogen-bond acceptors (Lipinski definition) is 4. The fourth-order valence-electron chi connectivity index (χ4n) is 3.26. The number of rotatable bonds is 3. The molecule has 0 N–H and O–H groups in total. The average molecular weight is 407 g/mol. The van der Waals surface area contributed by atoms with Crippen molar-refractivity contribution in [1.82, 2.24) is 9.21 Å². The zero-order chi connectivity index (χ0) is 18.0. The van der Waals surface area contributed by atoms with Crippen molar-refractivity contribution in [3.05, 3.63) is 28.2 Å². The third-order valence-electron chi connectivity index (χ3n) is 4.57. The van der Waals surface area contributed by atoms with Gasteiger partial charge in [0.15, 0.2) is 0 Å². The number of sulfonamides is 1. The van der Waals surface area contributed by atoms with Crippen LogP contribution >= 0.6 is 23.2 Å². The van der Waals surface area contributed by atoms with Crippen molar-refractivity contribution in [3.8, 4) is 0 Å². The SMILES string of the molecule is O=C(C1CCCN(S(=O)(=O)c2c(Cl)cccc2Cl)C1)N1CCOCC1. The number of benzene rings is 1. The predicted molar refractivity (Wildman–Crippen MR) is 95.3 cm³/mol. The van der Waals surface area contributed by atoms with Crippen molar-refractivity contribution in [3.63, 3.8) is 0 Å². The Balaban J connectivity index is 1.79. The van der Waals surface area contributed by atoms with E-state index >= 15 is 0 Å². The fourth-order valence-corrected chi connectivity index (χ4v) is 5.88. The number of carbonyl (C=O) groups excluding carboxylic acids is 1. The van der Waals surface area contributed by atoms with Gasteiger partial charge in [0.2, 0.25) is 15.9 Å². The maximum atomic E-state index is 13.0.